The van der Waals surface area contributed by atoms with Crippen LogP contribution in [0.3, 0.4) is 0 Å². The number of hydrogen-bond donors (Lipinski definition) is 3. The van der Waals surface area contributed by atoms with Crippen LogP contribution in [-0.4, -0.2) is 52.2 Å². The van der Waals surface area contributed by atoms with E-state index in [1.165, 1.54) is 35.4 Å². The Kier molecular flexibility index (Phi) is 7.19. The van der Waals surface area contributed by atoms with E-state index >= 15 is 0 Å². The normalized spacial score (nSPS) is 10.7. The maximum atomic E-state index is 12.0. The fraction of sp³-hybridized carbons (Fsp3) is 0.286. The molecule has 0 aliphatic rings. The lowest BCUT2D eigenvalue weighted by molar-refractivity contribution is -0.384. The molecule has 1 aromatic rings. The summed E-state index contributed by atoms with van der Waals surface area (Å²) in [6.07, 6.45) is 1.22. The van der Waals surface area contributed by atoms with E-state index in [1.54, 1.807) is 6.07 Å². The average Bonchev–Trinajstić information content (AvgIpc) is 2.53. The zero-order valence-corrected chi connectivity index (χ0v) is 12.2. The van der Waals surface area contributed by atoms with Crippen LogP contribution in [0.4, 0.5) is 11.4 Å². The molecule has 0 spiro atoms. The zero-order valence-electron chi connectivity index (χ0n) is 12.2. The third-order valence-electron chi connectivity index (χ3n) is 2.77. The molecule has 1 aromatic carbocycles. The van der Waals surface area contributed by atoms with Crippen LogP contribution in [0.5, 0.6) is 0 Å². The van der Waals surface area contributed by atoms with E-state index < -0.39 is 10.8 Å². The van der Waals surface area contributed by atoms with Crippen LogP contribution in [0.1, 0.15) is 0 Å². The van der Waals surface area contributed by atoms with Crippen LogP contribution in [-0.2, 0) is 4.79 Å². The van der Waals surface area contributed by atoms with Gasteiger partial charge in [-0.3, -0.25) is 14.9 Å². The Bertz CT molecular complexity index is 632. The maximum Gasteiger partial charge on any atom is 0.271 e. The molecule has 0 fully saturated rings. The number of nitrogens with zero attached hydrogens (tertiary/aromatic N) is 3. The van der Waals surface area contributed by atoms with Gasteiger partial charge >= 0.3 is 0 Å². The molecule has 0 heterocycles. The first-order valence-electron chi connectivity index (χ1n) is 6.65. The summed E-state index contributed by atoms with van der Waals surface area (Å²) in [5.74, 6) is -0.742. The van der Waals surface area contributed by atoms with Crippen molar-refractivity contribution >= 4 is 17.3 Å². The van der Waals surface area contributed by atoms with Crippen LogP contribution < -0.4 is 5.32 Å². The Morgan fingerprint density at radius 3 is 2.57 bits per heavy atom. The molecule has 1 rings (SSSR count). The summed E-state index contributed by atoms with van der Waals surface area (Å²) in [6.45, 7) is -0.116. The highest BCUT2D eigenvalue weighted by Gasteiger charge is 2.13. The van der Waals surface area contributed by atoms with E-state index in [0.29, 0.717) is 0 Å². The lowest BCUT2D eigenvalue weighted by Gasteiger charge is -2.18. The summed E-state index contributed by atoms with van der Waals surface area (Å²) in [6, 6.07) is 7.04. The number of carbonyl (C=O) groups excluding carboxylic acids is 1. The predicted octanol–water partition coefficient (Wildman–Crippen LogP) is 0.227. The minimum absolute atomic E-state index is 0.149. The van der Waals surface area contributed by atoms with Gasteiger partial charge in [0.1, 0.15) is 11.6 Å². The van der Waals surface area contributed by atoms with Crippen molar-refractivity contribution in [2.24, 2.45) is 0 Å². The number of anilines is 1. The van der Waals surface area contributed by atoms with E-state index in [0.717, 1.165) is 0 Å². The van der Waals surface area contributed by atoms with Crippen LogP contribution in [0, 0.1) is 21.4 Å². The molecule has 23 heavy (non-hydrogen) atoms. The number of nitrogens with one attached hydrogen (secondary N) is 1. The zero-order chi connectivity index (χ0) is 17.2. The summed E-state index contributed by atoms with van der Waals surface area (Å²) in [7, 11) is 0. The van der Waals surface area contributed by atoms with Gasteiger partial charge in [0.2, 0.25) is 0 Å². The number of benzene rings is 1. The Hall–Kier alpha value is -2.96. The minimum atomic E-state index is -0.742. The second kappa shape index (κ2) is 9.14. The smallest absolute Gasteiger partial charge is 0.271 e. The van der Waals surface area contributed by atoms with Crippen molar-refractivity contribution in [3.05, 3.63) is 46.2 Å². The first-order chi connectivity index (χ1) is 11.0. The number of nitro groups is 1. The topological polar surface area (TPSA) is 140 Å². The van der Waals surface area contributed by atoms with Gasteiger partial charge in [-0.25, -0.2) is 0 Å². The summed E-state index contributed by atoms with van der Waals surface area (Å²) in [5.41, 5.74) is -0.257. The lowest BCUT2D eigenvalue weighted by Crippen LogP contribution is -2.26. The summed E-state index contributed by atoms with van der Waals surface area (Å²) >= 11 is 0. The number of aliphatic hydroxyl groups is 2. The van der Waals surface area contributed by atoms with Gasteiger partial charge in [-0.15, -0.1) is 0 Å². The summed E-state index contributed by atoms with van der Waals surface area (Å²) in [4.78, 5) is 23.6. The SMILES string of the molecule is N#C/C(=C/N(CCO)CCO)C(=O)Nc1cccc([N+](=O)[O-])c1. The first kappa shape index (κ1) is 18.1. The van der Waals surface area contributed by atoms with E-state index in [1.807, 2.05) is 0 Å². The summed E-state index contributed by atoms with van der Waals surface area (Å²) in [5, 5.41) is 40.0. The van der Waals surface area contributed by atoms with Gasteiger partial charge in [-0.2, -0.15) is 5.26 Å². The number of carbonyl (C=O) groups is 1. The van der Waals surface area contributed by atoms with Gasteiger partial charge < -0.3 is 20.4 Å². The highest BCUT2D eigenvalue weighted by Crippen LogP contribution is 2.17. The van der Waals surface area contributed by atoms with Crippen LogP contribution in [0.2, 0.25) is 0 Å². The molecular weight excluding hydrogens is 304 g/mol. The summed E-state index contributed by atoms with van der Waals surface area (Å²) < 4.78 is 0. The van der Waals surface area contributed by atoms with Gasteiger partial charge in [0.25, 0.3) is 11.6 Å². The van der Waals surface area contributed by atoms with Crippen molar-refractivity contribution in [2.45, 2.75) is 0 Å². The third-order valence-corrected chi connectivity index (χ3v) is 2.77. The Morgan fingerprint density at radius 2 is 2.04 bits per heavy atom. The number of aliphatic hydroxyl groups excluding tert-OH is 2. The van der Waals surface area contributed by atoms with E-state index in [4.69, 9.17) is 15.5 Å². The second-order valence-corrected chi connectivity index (χ2v) is 4.40. The molecule has 0 unspecified atom stereocenters. The number of rotatable bonds is 8. The molecule has 3 N–H and O–H groups in total. The van der Waals surface area contributed by atoms with Gasteiger partial charge in [0, 0.05) is 37.1 Å². The van der Waals surface area contributed by atoms with Crippen molar-refractivity contribution in [2.75, 3.05) is 31.6 Å². The Balaban J connectivity index is 2.90. The molecule has 0 aromatic heterocycles. The molecule has 0 aliphatic carbocycles. The first-order valence-corrected chi connectivity index (χ1v) is 6.65. The van der Waals surface area contributed by atoms with Crippen molar-refractivity contribution < 1.29 is 19.9 Å². The third kappa shape index (κ3) is 5.74. The minimum Gasteiger partial charge on any atom is -0.395 e. The predicted molar refractivity (Wildman–Crippen MR) is 81.2 cm³/mol. The van der Waals surface area contributed by atoms with Gasteiger partial charge in [0.05, 0.1) is 18.1 Å². The van der Waals surface area contributed by atoms with Crippen LogP contribution in [0.15, 0.2) is 36.0 Å². The van der Waals surface area contributed by atoms with Gasteiger partial charge in [-0.1, -0.05) is 6.07 Å². The number of non-ortho nitro benzene ring substituents is 1. The van der Waals surface area contributed by atoms with E-state index in [9.17, 15) is 14.9 Å². The molecule has 0 saturated heterocycles. The van der Waals surface area contributed by atoms with Crippen molar-refractivity contribution in [1.29, 1.82) is 5.26 Å². The molecule has 0 radical (unpaired) electrons. The molecule has 0 atom stereocenters. The molecule has 122 valence electrons. The molecular formula is C14H16N4O5. The highest BCUT2D eigenvalue weighted by molar-refractivity contribution is 6.06. The molecule has 1 amide bonds. The molecule has 9 nitrogen and oxygen atoms in total. The van der Waals surface area contributed by atoms with Crippen molar-refractivity contribution in [3.63, 3.8) is 0 Å². The Labute approximate surface area is 132 Å². The molecule has 0 bridgehead atoms. The fourth-order valence-electron chi connectivity index (χ4n) is 1.71. The van der Waals surface area contributed by atoms with E-state index in [-0.39, 0.29) is 43.3 Å². The monoisotopic (exact) mass is 320 g/mol. The standard InChI is InChI=1S/C14H16N4O5/c15-9-11(10-17(4-6-19)5-7-20)14(21)16-12-2-1-3-13(8-12)18(22)23/h1-3,8,10,19-20H,4-7H2,(H,16,21)/b11-10-. The number of nitriles is 1. The largest absolute Gasteiger partial charge is 0.395 e. The number of amides is 1. The van der Waals surface area contributed by atoms with Gasteiger partial charge in [-0.05, 0) is 6.07 Å². The second-order valence-electron chi connectivity index (χ2n) is 4.40. The number of hydrogen-bond acceptors (Lipinski definition) is 7. The molecule has 0 aliphatic heterocycles. The fourth-order valence-corrected chi connectivity index (χ4v) is 1.71. The molecule has 0 saturated carbocycles. The number of nitro benzene ring substituents is 1. The highest BCUT2D eigenvalue weighted by atomic mass is 16.6. The van der Waals surface area contributed by atoms with E-state index in [2.05, 4.69) is 5.32 Å². The van der Waals surface area contributed by atoms with Crippen molar-refractivity contribution in [1.82, 2.24) is 4.90 Å². The average molecular weight is 320 g/mol. The maximum absolute atomic E-state index is 12.0. The lowest BCUT2D eigenvalue weighted by atomic mass is 10.2. The van der Waals surface area contributed by atoms with Crippen LogP contribution in [0.25, 0.3) is 0 Å². The Morgan fingerprint density at radius 1 is 1.39 bits per heavy atom. The molecule has 9 heteroatoms. The van der Waals surface area contributed by atoms with Crippen LogP contribution >= 0.6 is 0 Å². The van der Waals surface area contributed by atoms with Crippen molar-refractivity contribution in [3.8, 4) is 6.07 Å². The quantitative estimate of drug-likeness (QED) is 0.269. The van der Waals surface area contributed by atoms with Gasteiger partial charge in [0.15, 0.2) is 0 Å².